The molecule has 0 aliphatic carbocycles. The van der Waals surface area contributed by atoms with Gasteiger partial charge in [0.1, 0.15) is 12.1 Å². The Morgan fingerprint density at radius 1 is 0.969 bits per heavy atom. The highest BCUT2D eigenvalue weighted by molar-refractivity contribution is 5.89. The Morgan fingerprint density at radius 3 is 2.41 bits per heavy atom. The zero-order valence-electron chi connectivity index (χ0n) is 18.4. The van der Waals surface area contributed by atoms with E-state index in [0.717, 1.165) is 11.3 Å². The predicted octanol–water partition coefficient (Wildman–Crippen LogP) is 1.59. The summed E-state index contributed by atoms with van der Waals surface area (Å²) >= 11 is 0. The average Bonchev–Trinajstić information content (AvgIpc) is 2.83. The van der Waals surface area contributed by atoms with E-state index in [1.807, 2.05) is 30.3 Å². The van der Waals surface area contributed by atoms with Gasteiger partial charge >= 0.3 is 0 Å². The van der Waals surface area contributed by atoms with Gasteiger partial charge in [0.2, 0.25) is 11.9 Å². The Hall–Kier alpha value is -3.66. The van der Waals surface area contributed by atoms with E-state index >= 15 is 0 Å². The third kappa shape index (κ3) is 4.22. The van der Waals surface area contributed by atoms with Crippen LogP contribution in [0, 0.1) is 0 Å². The van der Waals surface area contributed by atoms with Crippen LogP contribution in [-0.4, -0.2) is 79.9 Å². The number of nitrogens with two attached hydrogens (primary N) is 1. The lowest BCUT2D eigenvalue weighted by Gasteiger charge is -2.35. The highest BCUT2D eigenvalue weighted by Gasteiger charge is 2.24. The van der Waals surface area contributed by atoms with Gasteiger partial charge in [0.25, 0.3) is 0 Å². The minimum Gasteiger partial charge on any atom is -0.493 e. The van der Waals surface area contributed by atoms with Gasteiger partial charge in [-0.3, -0.25) is 4.79 Å². The Kier molecular flexibility index (Phi) is 6.22. The molecule has 32 heavy (non-hydrogen) atoms. The number of nitrogen functional groups attached to an aromatic ring is 1. The summed E-state index contributed by atoms with van der Waals surface area (Å²) in [7, 11) is 4.72. The number of benzene rings is 1. The zero-order chi connectivity index (χ0) is 22.7. The summed E-state index contributed by atoms with van der Waals surface area (Å²) in [5, 5.41) is 0. The Balaban J connectivity index is 1.68. The molecule has 1 aromatic carbocycles. The molecule has 0 radical (unpaired) electrons. The number of ether oxygens (including phenoxy) is 3. The minimum atomic E-state index is -0.0203. The predicted molar refractivity (Wildman–Crippen MR) is 121 cm³/mol. The van der Waals surface area contributed by atoms with Crippen molar-refractivity contribution in [3.63, 3.8) is 0 Å². The number of carbonyl (C=O) groups excluding carboxylic acids is 1. The zero-order valence-corrected chi connectivity index (χ0v) is 18.4. The fraction of sp³-hybridized carbons (Fsp3) is 0.364. The maximum atomic E-state index is 12.1. The molecule has 168 valence electrons. The van der Waals surface area contributed by atoms with Gasteiger partial charge in [-0.1, -0.05) is 0 Å². The largest absolute Gasteiger partial charge is 0.493 e. The molecule has 1 aliphatic rings. The number of hydrogen-bond donors (Lipinski definition) is 1. The van der Waals surface area contributed by atoms with E-state index in [-0.39, 0.29) is 18.5 Å². The molecule has 3 heterocycles. The van der Waals surface area contributed by atoms with E-state index < -0.39 is 0 Å². The van der Waals surface area contributed by atoms with Gasteiger partial charge < -0.3 is 29.7 Å². The highest BCUT2D eigenvalue weighted by Crippen LogP contribution is 2.33. The Morgan fingerprint density at radius 2 is 1.72 bits per heavy atom. The maximum absolute atomic E-state index is 12.1. The molecular weight excluding hydrogens is 412 g/mol. The van der Waals surface area contributed by atoms with Crippen molar-refractivity contribution in [3.8, 4) is 22.8 Å². The van der Waals surface area contributed by atoms with Gasteiger partial charge in [-0.2, -0.15) is 4.98 Å². The van der Waals surface area contributed by atoms with Crippen molar-refractivity contribution >= 4 is 28.7 Å². The minimum absolute atomic E-state index is 0.0203. The second kappa shape index (κ2) is 9.23. The molecule has 1 fully saturated rings. The van der Waals surface area contributed by atoms with Gasteiger partial charge in [0, 0.05) is 38.9 Å². The van der Waals surface area contributed by atoms with Crippen LogP contribution in [0.5, 0.6) is 11.5 Å². The molecule has 0 saturated carbocycles. The molecular formula is C22H26N6O4. The lowest BCUT2D eigenvalue weighted by molar-refractivity contribution is -0.135. The van der Waals surface area contributed by atoms with E-state index in [4.69, 9.17) is 24.9 Å². The monoisotopic (exact) mass is 438 g/mol. The highest BCUT2D eigenvalue weighted by atomic mass is 16.5. The van der Waals surface area contributed by atoms with Crippen molar-refractivity contribution in [3.05, 3.63) is 30.3 Å². The number of carbonyl (C=O) groups is 1. The van der Waals surface area contributed by atoms with Crippen molar-refractivity contribution < 1.29 is 19.0 Å². The van der Waals surface area contributed by atoms with Crippen LogP contribution >= 0.6 is 0 Å². The van der Waals surface area contributed by atoms with Gasteiger partial charge in [-0.25, -0.2) is 9.97 Å². The van der Waals surface area contributed by atoms with Gasteiger partial charge in [0.15, 0.2) is 17.3 Å². The number of pyridine rings is 1. The number of methoxy groups -OCH3 is 3. The summed E-state index contributed by atoms with van der Waals surface area (Å²) in [5.41, 5.74) is 8.92. The third-order valence-electron chi connectivity index (χ3n) is 5.42. The second-order valence-corrected chi connectivity index (χ2v) is 7.34. The number of amides is 1. The first kappa shape index (κ1) is 21.6. The fourth-order valence-electron chi connectivity index (χ4n) is 3.78. The van der Waals surface area contributed by atoms with Gasteiger partial charge in [0.05, 0.1) is 25.4 Å². The first-order chi connectivity index (χ1) is 15.5. The smallest absolute Gasteiger partial charge is 0.248 e. The Bertz CT molecular complexity index is 1130. The van der Waals surface area contributed by atoms with Crippen LogP contribution < -0.4 is 20.1 Å². The standard InChI is InChI=1S/C22H26N6O4/c1-30-13-19(29)27-8-10-28(11-9-27)21-20-16(25-22(23)26-21)6-5-15(24-20)14-4-7-17(31-2)18(12-14)32-3/h4-7,12H,8-11,13H2,1-3H3,(H2,23,25,26). The third-order valence-corrected chi connectivity index (χ3v) is 5.42. The quantitative estimate of drug-likeness (QED) is 0.612. The van der Waals surface area contributed by atoms with Crippen molar-refractivity contribution in [1.29, 1.82) is 0 Å². The molecule has 0 unspecified atom stereocenters. The lowest BCUT2D eigenvalue weighted by Crippen LogP contribution is -2.50. The number of piperazine rings is 1. The van der Waals surface area contributed by atoms with Crippen LogP contribution in [0.15, 0.2) is 30.3 Å². The van der Waals surface area contributed by atoms with E-state index in [9.17, 15) is 4.79 Å². The van der Waals surface area contributed by atoms with E-state index in [1.54, 1.807) is 19.1 Å². The van der Waals surface area contributed by atoms with E-state index in [1.165, 1.54) is 7.11 Å². The second-order valence-electron chi connectivity index (χ2n) is 7.34. The number of anilines is 2. The van der Waals surface area contributed by atoms with Crippen molar-refractivity contribution in [1.82, 2.24) is 19.9 Å². The number of hydrogen-bond acceptors (Lipinski definition) is 9. The molecule has 2 aromatic heterocycles. The first-order valence-electron chi connectivity index (χ1n) is 10.2. The van der Waals surface area contributed by atoms with Crippen LogP contribution in [0.25, 0.3) is 22.3 Å². The summed E-state index contributed by atoms with van der Waals surface area (Å²) in [4.78, 5) is 29.7. The van der Waals surface area contributed by atoms with Crippen molar-refractivity contribution in [2.24, 2.45) is 0 Å². The molecule has 2 N–H and O–H groups in total. The van der Waals surface area contributed by atoms with Gasteiger partial charge in [-0.15, -0.1) is 0 Å². The lowest BCUT2D eigenvalue weighted by atomic mass is 10.1. The first-order valence-corrected chi connectivity index (χ1v) is 10.2. The molecule has 1 amide bonds. The summed E-state index contributed by atoms with van der Waals surface area (Å²) in [6.45, 7) is 2.46. The van der Waals surface area contributed by atoms with Crippen LogP contribution in [0.3, 0.4) is 0 Å². The molecule has 0 atom stereocenters. The van der Waals surface area contributed by atoms with E-state index in [2.05, 4.69) is 14.9 Å². The Labute approximate surface area is 185 Å². The van der Waals surface area contributed by atoms with Crippen LogP contribution in [0.1, 0.15) is 0 Å². The van der Waals surface area contributed by atoms with Crippen LogP contribution in [-0.2, 0) is 9.53 Å². The molecule has 4 rings (SSSR count). The van der Waals surface area contributed by atoms with Crippen molar-refractivity contribution in [2.75, 3.05) is 64.7 Å². The molecule has 0 spiro atoms. The summed E-state index contributed by atoms with van der Waals surface area (Å²) in [6, 6.07) is 9.42. The SMILES string of the molecule is COCC(=O)N1CCN(c2nc(N)nc3ccc(-c4ccc(OC)c(OC)c4)nc23)CC1. The van der Waals surface area contributed by atoms with Crippen LogP contribution in [0.4, 0.5) is 11.8 Å². The normalized spacial score (nSPS) is 14.0. The molecule has 10 nitrogen and oxygen atoms in total. The average molecular weight is 438 g/mol. The van der Waals surface area contributed by atoms with Crippen LogP contribution in [0.2, 0.25) is 0 Å². The molecule has 1 saturated heterocycles. The fourth-order valence-corrected chi connectivity index (χ4v) is 3.78. The maximum Gasteiger partial charge on any atom is 0.248 e. The number of nitrogens with zero attached hydrogens (tertiary/aromatic N) is 5. The van der Waals surface area contributed by atoms with Crippen molar-refractivity contribution in [2.45, 2.75) is 0 Å². The molecule has 3 aromatic rings. The number of aromatic nitrogens is 3. The number of fused-ring (bicyclic) bond motifs is 1. The summed E-state index contributed by atoms with van der Waals surface area (Å²) in [6.07, 6.45) is 0. The van der Waals surface area contributed by atoms with E-state index in [0.29, 0.717) is 54.5 Å². The van der Waals surface area contributed by atoms with Gasteiger partial charge in [-0.05, 0) is 30.3 Å². The number of rotatable bonds is 6. The molecule has 1 aliphatic heterocycles. The topological polar surface area (TPSA) is 116 Å². The molecule has 10 heteroatoms. The molecule has 0 bridgehead atoms. The summed E-state index contributed by atoms with van der Waals surface area (Å²) in [5.74, 6) is 2.10. The summed E-state index contributed by atoms with van der Waals surface area (Å²) < 4.78 is 15.7.